The Morgan fingerprint density at radius 3 is 2.35 bits per heavy atom. The van der Waals surface area contributed by atoms with Crippen LogP contribution in [0.4, 0.5) is 0 Å². The fourth-order valence-electron chi connectivity index (χ4n) is 1.64. The summed E-state index contributed by atoms with van der Waals surface area (Å²) >= 11 is 0. The lowest BCUT2D eigenvalue weighted by atomic mass is 9.97. The zero-order chi connectivity index (χ0) is 13.4. The molecule has 1 N–H and O–H groups in total. The molecule has 0 aliphatic heterocycles. The molecule has 0 aromatic heterocycles. The van der Waals surface area contributed by atoms with Crippen LogP contribution in [-0.2, 0) is 9.59 Å². The van der Waals surface area contributed by atoms with Crippen molar-refractivity contribution < 1.29 is 9.59 Å². The average Bonchev–Trinajstić information content (AvgIpc) is 2.28. The molecule has 0 rings (SSSR count). The van der Waals surface area contributed by atoms with Gasteiger partial charge < -0.3 is 15.1 Å². The number of hydrogen-bond acceptors (Lipinski definition) is 3. The second-order valence-electron chi connectivity index (χ2n) is 4.70. The Kier molecular flexibility index (Phi) is 7.54. The smallest absolute Gasteiger partial charge is 0.243 e. The zero-order valence-electron chi connectivity index (χ0n) is 11.6. The number of rotatable bonds is 8. The van der Waals surface area contributed by atoms with E-state index in [-0.39, 0.29) is 17.9 Å². The van der Waals surface area contributed by atoms with Crippen molar-refractivity contribution >= 4 is 12.3 Å². The molecule has 100 valence electrons. The molecule has 2 amide bonds. The van der Waals surface area contributed by atoms with Crippen LogP contribution in [0.2, 0.25) is 0 Å². The molecule has 17 heavy (non-hydrogen) atoms. The number of carbonyl (C=O) groups is 2. The summed E-state index contributed by atoms with van der Waals surface area (Å²) in [5.74, 6) is 0.0837. The van der Waals surface area contributed by atoms with Crippen LogP contribution in [0, 0.1) is 5.92 Å². The second kappa shape index (κ2) is 8.06. The summed E-state index contributed by atoms with van der Waals surface area (Å²) in [6, 6.07) is -0.375. The number of nitrogens with zero attached hydrogens (tertiary/aromatic N) is 2. The van der Waals surface area contributed by atoms with Crippen molar-refractivity contribution in [1.29, 1.82) is 0 Å². The Balaban J connectivity index is 4.38. The monoisotopic (exact) mass is 243 g/mol. The van der Waals surface area contributed by atoms with Gasteiger partial charge in [0.2, 0.25) is 12.3 Å². The molecule has 2 unspecified atom stereocenters. The Hall–Kier alpha value is -1.10. The highest BCUT2D eigenvalue weighted by molar-refractivity contribution is 5.83. The van der Waals surface area contributed by atoms with Gasteiger partial charge in [-0.2, -0.15) is 0 Å². The molecular weight excluding hydrogens is 218 g/mol. The topological polar surface area (TPSA) is 52.7 Å². The van der Waals surface area contributed by atoms with E-state index in [1.165, 1.54) is 4.90 Å². The Bertz CT molecular complexity index is 244. The number of nitrogens with one attached hydrogen (secondary N) is 1. The molecule has 5 nitrogen and oxygen atoms in total. The molecule has 0 aliphatic rings. The average molecular weight is 243 g/mol. The van der Waals surface area contributed by atoms with Gasteiger partial charge in [0.25, 0.3) is 0 Å². The van der Waals surface area contributed by atoms with Crippen molar-refractivity contribution in [2.24, 2.45) is 5.92 Å². The van der Waals surface area contributed by atoms with Crippen molar-refractivity contribution in [3.05, 3.63) is 0 Å². The molecule has 0 radical (unpaired) electrons. The number of likely N-dealkylation sites (N-methyl/N-ethyl adjacent to an activating group) is 2. The molecule has 0 heterocycles. The highest BCUT2D eigenvalue weighted by atomic mass is 16.2. The highest BCUT2D eigenvalue weighted by Crippen LogP contribution is 2.12. The SMILES string of the molecule is CCC(C)C(C(=O)NCCN(C)C)N(C)C=O. The van der Waals surface area contributed by atoms with E-state index in [0.29, 0.717) is 13.0 Å². The van der Waals surface area contributed by atoms with Crippen molar-refractivity contribution in [3.8, 4) is 0 Å². The standard InChI is InChI=1S/C12H25N3O2/c1-6-10(2)11(15(5)9-16)12(17)13-7-8-14(3)4/h9-11H,6-8H2,1-5H3,(H,13,17). The third kappa shape index (κ3) is 5.68. The van der Waals surface area contributed by atoms with Crippen LogP contribution in [0.25, 0.3) is 0 Å². The maximum Gasteiger partial charge on any atom is 0.243 e. The van der Waals surface area contributed by atoms with E-state index in [1.807, 2.05) is 32.8 Å². The van der Waals surface area contributed by atoms with E-state index < -0.39 is 0 Å². The van der Waals surface area contributed by atoms with Gasteiger partial charge in [0.05, 0.1) is 0 Å². The minimum atomic E-state index is -0.375. The number of carbonyl (C=O) groups excluding carboxylic acids is 2. The van der Waals surface area contributed by atoms with Gasteiger partial charge in [-0.25, -0.2) is 0 Å². The van der Waals surface area contributed by atoms with Crippen molar-refractivity contribution in [1.82, 2.24) is 15.1 Å². The summed E-state index contributed by atoms with van der Waals surface area (Å²) in [4.78, 5) is 26.2. The normalized spacial score (nSPS) is 14.2. The fourth-order valence-corrected chi connectivity index (χ4v) is 1.64. The molecule has 0 saturated carbocycles. The van der Waals surface area contributed by atoms with E-state index in [2.05, 4.69) is 5.32 Å². The van der Waals surface area contributed by atoms with Gasteiger partial charge in [0, 0.05) is 20.1 Å². The van der Waals surface area contributed by atoms with Crippen molar-refractivity contribution in [2.75, 3.05) is 34.2 Å². The van der Waals surface area contributed by atoms with Crippen LogP contribution >= 0.6 is 0 Å². The fraction of sp³-hybridized carbons (Fsp3) is 0.833. The predicted molar refractivity (Wildman–Crippen MR) is 68.6 cm³/mol. The summed E-state index contributed by atoms with van der Waals surface area (Å²) in [5, 5.41) is 2.86. The molecule has 0 aromatic rings. The van der Waals surface area contributed by atoms with Gasteiger partial charge >= 0.3 is 0 Å². The van der Waals surface area contributed by atoms with Crippen molar-refractivity contribution in [3.63, 3.8) is 0 Å². The van der Waals surface area contributed by atoms with Crippen LogP contribution in [0.5, 0.6) is 0 Å². The van der Waals surface area contributed by atoms with Gasteiger partial charge in [-0.05, 0) is 20.0 Å². The summed E-state index contributed by atoms with van der Waals surface area (Å²) in [7, 11) is 5.56. The van der Waals surface area contributed by atoms with E-state index >= 15 is 0 Å². The Morgan fingerprint density at radius 1 is 1.35 bits per heavy atom. The van der Waals surface area contributed by atoms with Gasteiger partial charge in [-0.3, -0.25) is 9.59 Å². The van der Waals surface area contributed by atoms with E-state index in [9.17, 15) is 9.59 Å². The van der Waals surface area contributed by atoms with Crippen LogP contribution in [0.15, 0.2) is 0 Å². The lowest BCUT2D eigenvalue weighted by Gasteiger charge is -2.28. The minimum absolute atomic E-state index is 0.0733. The second-order valence-corrected chi connectivity index (χ2v) is 4.70. The molecule has 0 bridgehead atoms. The summed E-state index contributed by atoms with van der Waals surface area (Å²) < 4.78 is 0. The maximum atomic E-state index is 12.0. The van der Waals surface area contributed by atoms with Gasteiger partial charge in [0.15, 0.2) is 0 Å². The quantitative estimate of drug-likeness (QED) is 0.618. The van der Waals surface area contributed by atoms with Gasteiger partial charge in [0.1, 0.15) is 6.04 Å². The molecule has 0 aliphatic carbocycles. The van der Waals surface area contributed by atoms with E-state index in [4.69, 9.17) is 0 Å². The summed E-state index contributed by atoms with van der Waals surface area (Å²) in [6.07, 6.45) is 1.58. The van der Waals surface area contributed by atoms with Crippen molar-refractivity contribution in [2.45, 2.75) is 26.3 Å². The first-order valence-corrected chi connectivity index (χ1v) is 6.03. The zero-order valence-corrected chi connectivity index (χ0v) is 11.6. The Morgan fingerprint density at radius 2 is 1.94 bits per heavy atom. The lowest BCUT2D eigenvalue weighted by Crippen LogP contribution is -2.49. The Labute approximate surface area is 104 Å². The molecular formula is C12H25N3O2. The van der Waals surface area contributed by atoms with Crippen LogP contribution < -0.4 is 5.32 Å². The van der Waals surface area contributed by atoms with Gasteiger partial charge in [-0.1, -0.05) is 20.3 Å². The molecule has 0 aromatic carbocycles. The molecule has 0 fully saturated rings. The summed E-state index contributed by atoms with van der Waals surface area (Å²) in [5.41, 5.74) is 0. The minimum Gasteiger partial charge on any atom is -0.353 e. The summed E-state index contributed by atoms with van der Waals surface area (Å²) in [6.45, 7) is 5.40. The first kappa shape index (κ1) is 15.9. The molecule has 0 saturated heterocycles. The first-order valence-electron chi connectivity index (χ1n) is 6.03. The number of hydrogen-bond donors (Lipinski definition) is 1. The predicted octanol–water partition coefficient (Wildman–Crippen LogP) is 0.167. The van der Waals surface area contributed by atoms with Crippen LogP contribution in [0.1, 0.15) is 20.3 Å². The van der Waals surface area contributed by atoms with E-state index in [0.717, 1.165) is 13.0 Å². The van der Waals surface area contributed by atoms with E-state index in [1.54, 1.807) is 7.05 Å². The third-order valence-electron chi connectivity index (χ3n) is 2.91. The maximum absolute atomic E-state index is 12.0. The first-order chi connectivity index (χ1) is 7.93. The van der Waals surface area contributed by atoms with Crippen LogP contribution in [0.3, 0.4) is 0 Å². The highest BCUT2D eigenvalue weighted by Gasteiger charge is 2.27. The lowest BCUT2D eigenvalue weighted by molar-refractivity contribution is -0.133. The van der Waals surface area contributed by atoms with Gasteiger partial charge in [-0.15, -0.1) is 0 Å². The molecule has 5 heteroatoms. The molecule has 2 atom stereocenters. The third-order valence-corrected chi connectivity index (χ3v) is 2.91. The molecule has 0 spiro atoms. The number of amides is 2. The van der Waals surface area contributed by atoms with Crippen LogP contribution in [-0.4, -0.2) is 62.4 Å². The largest absolute Gasteiger partial charge is 0.353 e.